The highest BCUT2D eigenvalue weighted by Crippen LogP contribution is 2.19. The Morgan fingerprint density at radius 1 is 1.39 bits per heavy atom. The molecule has 1 rings (SSSR count). The summed E-state index contributed by atoms with van der Waals surface area (Å²) in [7, 11) is -2.99. The highest BCUT2D eigenvalue weighted by molar-refractivity contribution is 7.91. The summed E-state index contributed by atoms with van der Waals surface area (Å²) in [5, 5.41) is 0. The number of hydrogen-bond donors (Lipinski definition) is 0. The van der Waals surface area contributed by atoms with Crippen LogP contribution in [0.25, 0.3) is 0 Å². The van der Waals surface area contributed by atoms with Crippen LogP contribution < -0.4 is 4.74 Å². The molecule has 0 saturated carbocycles. The summed E-state index contributed by atoms with van der Waals surface area (Å²) in [6.45, 7) is 1.77. The maximum absolute atomic E-state index is 13.5. The molecule has 0 N–H and O–H groups in total. The van der Waals surface area contributed by atoms with E-state index in [4.69, 9.17) is 16.3 Å². The van der Waals surface area contributed by atoms with Crippen LogP contribution in [-0.2, 0) is 15.7 Å². The van der Waals surface area contributed by atoms with Crippen molar-refractivity contribution in [2.24, 2.45) is 0 Å². The predicted molar refractivity (Wildman–Crippen MR) is 70.4 cm³/mol. The van der Waals surface area contributed by atoms with E-state index in [0.717, 1.165) is 0 Å². The van der Waals surface area contributed by atoms with E-state index >= 15 is 0 Å². The molecule has 0 heterocycles. The normalized spacial score (nSPS) is 11.5. The summed E-state index contributed by atoms with van der Waals surface area (Å²) in [6.07, 6.45) is 0.354. The lowest BCUT2D eigenvalue weighted by molar-refractivity contribution is 0.301. The minimum atomic E-state index is -2.99. The second-order valence-electron chi connectivity index (χ2n) is 3.84. The molecule has 0 fully saturated rings. The highest BCUT2D eigenvalue weighted by Gasteiger charge is 2.08. The topological polar surface area (TPSA) is 43.4 Å². The molecule has 0 radical (unpaired) electrons. The van der Waals surface area contributed by atoms with E-state index < -0.39 is 15.7 Å². The molecule has 1 aromatic rings. The Kier molecular flexibility index (Phi) is 5.88. The Labute approximate surface area is 112 Å². The van der Waals surface area contributed by atoms with Gasteiger partial charge in [0.15, 0.2) is 11.6 Å². The average Bonchev–Trinajstić information content (AvgIpc) is 2.36. The third kappa shape index (κ3) is 4.82. The van der Waals surface area contributed by atoms with Gasteiger partial charge in [0.05, 0.1) is 12.4 Å². The number of halogens is 2. The second kappa shape index (κ2) is 6.95. The molecular formula is C12H16ClFO3S. The summed E-state index contributed by atoms with van der Waals surface area (Å²) in [5.41, 5.74) is 0.676. The smallest absolute Gasteiger partial charge is 0.165 e. The predicted octanol–water partition coefficient (Wildman–Crippen LogP) is 2.77. The molecule has 0 amide bonds. The van der Waals surface area contributed by atoms with Gasteiger partial charge in [0, 0.05) is 11.6 Å². The van der Waals surface area contributed by atoms with Crippen LogP contribution in [0.4, 0.5) is 4.39 Å². The molecule has 0 spiro atoms. The molecule has 102 valence electrons. The zero-order chi connectivity index (χ0) is 13.6. The van der Waals surface area contributed by atoms with E-state index in [1.807, 2.05) is 0 Å². The SMILES string of the molecule is CCS(=O)(=O)CCCOc1ccc(CCl)cc1F. The van der Waals surface area contributed by atoms with Gasteiger partial charge in [0.2, 0.25) is 0 Å². The molecule has 0 aliphatic carbocycles. The van der Waals surface area contributed by atoms with Crippen molar-refractivity contribution in [3.8, 4) is 5.75 Å². The Morgan fingerprint density at radius 2 is 2.11 bits per heavy atom. The molecule has 6 heteroatoms. The van der Waals surface area contributed by atoms with Crippen molar-refractivity contribution in [2.75, 3.05) is 18.1 Å². The molecule has 0 saturated heterocycles. The number of sulfone groups is 1. The Hall–Kier alpha value is -0.810. The molecule has 0 aliphatic rings. The first-order valence-corrected chi connectivity index (χ1v) is 8.01. The fourth-order valence-corrected chi connectivity index (χ4v) is 2.36. The van der Waals surface area contributed by atoms with Crippen LogP contribution in [0.15, 0.2) is 18.2 Å². The quantitative estimate of drug-likeness (QED) is 0.574. The van der Waals surface area contributed by atoms with Crippen molar-refractivity contribution in [3.05, 3.63) is 29.6 Å². The molecule has 0 aromatic heterocycles. The molecule has 0 bridgehead atoms. The fourth-order valence-electron chi connectivity index (χ4n) is 1.35. The number of alkyl halides is 1. The van der Waals surface area contributed by atoms with E-state index in [0.29, 0.717) is 12.0 Å². The van der Waals surface area contributed by atoms with Crippen molar-refractivity contribution in [2.45, 2.75) is 19.2 Å². The molecule has 3 nitrogen and oxygen atoms in total. The van der Waals surface area contributed by atoms with Crippen LogP contribution in [-0.4, -0.2) is 26.5 Å². The van der Waals surface area contributed by atoms with Crippen molar-refractivity contribution in [1.29, 1.82) is 0 Å². The van der Waals surface area contributed by atoms with Crippen molar-refractivity contribution in [1.82, 2.24) is 0 Å². The van der Waals surface area contributed by atoms with Gasteiger partial charge in [-0.15, -0.1) is 11.6 Å². The molecule has 0 aliphatic heterocycles. The van der Waals surface area contributed by atoms with E-state index in [9.17, 15) is 12.8 Å². The van der Waals surface area contributed by atoms with Gasteiger partial charge in [-0.2, -0.15) is 0 Å². The van der Waals surface area contributed by atoms with Crippen LogP contribution >= 0.6 is 11.6 Å². The number of rotatable bonds is 7. The van der Waals surface area contributed by atoms with E-state index in [2.05, 4.69) is 0 Å². The first kappa shape index (κ1) is 15.2. The lowest BCUT2D eigenvalue weighted by Crippen LogP contribution is -2.12. The highest BCUT2D eigenvalue weighted by atomic mass is 35.5. The van der Waals surface area contributed by atoms with E-state index in [-0.39, 0.29) is 29.7 Å². The summed E-state index contributed by atoms with van der Waals surface area (Å²) in [4.78, 5) is 0. The maximum atomic E-state index is 13.5. The van der Waals surface area contributed by atoms with E-state index in [1.165, 1.54) is 12.1 Å². The summed E-state index contributed by atoms with van der Waals surface area (Å²) >= 11 is 5.57. The lowest BCUT2D eigenvalue weighted by atomic mass is 10.2. The number of hydrogen-bond acceptors (Lipinski definition) is 3. The molecule has 0 atom stereocenters. The third-order valence-corrected chi connectivity index (χ3v) is 4.55. The standard InChI is InChI=1S/C12H16ClFO3S/c1-2-18(15,16)7-3-6-17-12-5-4-10(9-13)8-11(12)14/h4-5,8H,2-3,6-7,9H2,1H3. The van der Waals surface area contributed by atoms with Gasteiger partial charge >= 0.3 is 0 Å². The monoisotopic (exact) mass is 294 g/mol. The maximum Gasteiger partial charge on any atom is 0.165 e. The molecule has 0 unspecified atom stereocenters. The fraction of sp³-hybridized carbons (Fsp3) is 0.500. The van der Waals surface area contributed by atoms with Gasteiger partial charge in [0.25, 0.3) is 0 Å². The molecule has 18 heavy (non-hydrogen) atoms. The molecular weight excluding hydrogens is 279 g/mol. The van der Waals surface area contributed by atoms with Crippen molar-refractivity contribution in [3.63, 3.8) is 0 Å². The zero-order valence-electron chi connectivity index (χ0n) is 10.2. The van der Waals surface area contributed by atoms with Gasteiger partial charge in [-0.1, -0.05) is 13.0 Å². The van der Waals surface area contributed by atoms with E-state index in [1.54, 1.807) is 13.0 Å². The van der Waals surface area contributed by atoms with Gasteiger partial charge < -0.3 is 4.74 Å². The Bertz CT molecular complexity index is 488. The third-order valence-electron chi connectivity index (χ3n) is 2.45. The minimum Gasteiger partial charge on any atom is -0.490 e. The van der Waals surface area contributed by atoms with Crippen LogP contribution in [0, 0.1) is 5.82 Å². The zero-order valence-corrected chi connectivity index (χ0v) is 11.7. The van der Waals surface area contributed by atoms with Crippen LogP contribution in [0.5, 0.6) is 5.75 Å². The lowest BCUT2D eigenvalue weighted by Gasteiger charge is -2.08. The summed E-state index contributed by atoms with van der Waals surface area (Å²) < 4.78 is 41.1. The van der Waals surface area contributed by atoms with Crippen LogP contribution in [0.3, 0.4) is 0 Å². The van der Waals surface area contributed by atoms with Crippen molar-refractivity contribution < 1.29 is 17.5 Å². The second-order valence-corrected chi connectivity index (χ2v) is 6.58. The number of benzene rings is 1. The van der Waals surface area contributed by atoms with Gasteiger partial charge in [-0.05, 0) is 24.1 Å². The Morgan fingerprint density at radius 3 is 2.67 bits per heavy atom. The first-order valence-electron chi connectivity index (χ1n) is 5.66. The largest absolute Gasteiger partial charge is 0.490 e. The van der Waals surface area contributed by atoms with Crippen molar-refractivity contribution >= 4 is 21.4 Å². The van der Waals surface area contributed by atoms with Gasteiger partial charge in [0.1, 0.15) is 9.84 Å². The Balaban J connectivity index is 2.45. The van der Waals surface area contributed by atoms with Gasteiger partial charge in [-0.3, -0.25) is 0 Å². The minimum absolute atomic E-state index is 0.0604. The number of ether oxygens (including phenoxy) is 1. The van der Waals surface area contributed by atoms with Gasteiger partial charge in [-0.25, -0.2) is 12.8 Å². The molecule has 1 aromatic carbocycles. The summed E-state index contributed by atoms with van der Waals surface area (Å²) in [6, 6.07) is 4.49. The van der Waals surface area contributed by atoms with Crippen LogP contribution in [0.2, 0.25) is 0 Å². The summed E-state index contributed by atoms with van der Waals surface area (Å²) in [5.74, 6) is 0.0621. The van der Waals surface area contributed by atoms with Crippen LogP contribution in [0.1, 0.15) is 18.9 Å². The average molecular weight is 295 g/mol. The first-order chi connectivity index (χ1) is 8.48.